The van der Waals surface area contributed by atoms with E-state index in [0.29, 0.717) is 6.54 Å². The number of pyridine rings is 1. The lowest BCUT2D eigenvalue weighted by atomic mass is 10.1. The number of rotatable bonds is 4. The van der Waals surface area contributed by atoms with E-state index in [0.717, 1.165) is 21.5 Å². The van der Waals surface area contributed by atoms with E-state index in [1.165, 1.54) is 0 Å². The molecule has 0 saturated carbocycles. The van der Waals surface area contributed by atoms with Crippen molar-refractivity contribution in [2.75, 3.05) is 11.9 Å². The maximum absolute atomic E-state index is 6.33. The Morgan fingerprint density at radius 1 is 1.22 bits per heavy atom. The van der Waals surface area contributed by atoms with Gasteiger partial charge in [-0.05, 0) is 40.5 Å². The van der Waals surface area contributed by atoms with Gasteiger partial charge in [0.05, 0.1) is 11.1 Å². The average Bonchev–Trinajstić information content (AvgIpc) is 2.41. The van der Waals surface area contributed by atoms with Crippen molar-refractivity contribution in [1.82, 2.24) is 4.98 Å². The van der Waals surface area contributed by atoms with E-state index < -0.39 is 0 Å². The number of aryl methyl sites for hydroxylation is 1. The molecule has 0 saturated heterocycles. The van der Waals surface area contributed by atoms with Crippen molar-refractivity contribution >= 4 is 33.3 Å². The maximum Gasteiger partial charge on any atom is 0.126 e. The molecule has 1 N–H and O–H groups in total. The standard InChI is InChI=1S/C14H14BrClN2/c1-10-12(15)7-8-14(18-10)17-9-13(16)11-5-3-2-4-6-11/h2-8,13H,9H2,1H3,(H,17,18). The molecule has 1 aromatic carbocycles. The van der Waals surface area contributed by atoms with Crippen LogP contribution in [0.5, 0.6) is 0 Å². The zero-order valence-electron chi connectivity index (χ0n) is 10.0. The Labute approximate surface area is 121 Å². The monoisotopic (exact) mass is 324 g/mol. The van der Waals surface area contributed by atoms with Gasteiger partial charge < -0.3 is 5.32 Å². The summed E-state index contributed by atoms with van der Waals surface area (Å²) in [5, 5.41) is 3.19. The van der Waals surface area contributed by atoms with Crippen molar-refractivity contribution in [3.8, 4) is 0 Å². The molecule has 1 atom stereocenters. The highest BCUT2D eigenvalue weighted by atomic mass is 79.9. The van der Waals surface area contributed by atoms with Crippen molar-refractivity contribution in [1.29, 1.82) is 0 Å². The van der Waals surface area contributed by atoms with Gasteiger partial charge >= 0.3 is 0 Å². The van der Waals surface area contributed by atoms with E-state index in [9.17, 15) is 0 Å². The molecule has 1 aromatic heterocycles. The van der Waals surface area contributed by atoms with Crippen LogP contribution in [0.4, 0.5) is 5.82 Å². The fourth-order valence-electron chi connectivity index (χ4n) is 1.62. The second-order valence-corrected chi connectivity index (χ2v) is 5.40. The third-order valence-corrected chi connectivity index (χ3v) is 3.89. The Morgan fingerprint density at radius 3 is 2.61 bits per heavy atom. The number of nitrogens with one attached hydrogen (secondary N) is 1. The molecular weight excluding hydrogens is 312 g/mol. The fraction of sp³-hybridized carbons (Fsp3) is 0.214. The largest absolute Gasteiger partial charge is 0.368 e. The number of benzene rings is 1. The van der Waals surface area contributed by atoms with E-state index in [4.69, 9.17) is 11.6 Å². The third kappa shape index (κ3) is 3.47. The van der Waals surface area contributed by atoms with E-state index in [1.807, 2.05) is 49.4 Å². The second-order valence-electron chi connectivity index (χ2n) is 4.02. The molecule has 2 aromatic rings. The second kappa shape index (κ2) is 6.21. The van der Waals surface area contributed by atoms with Gasteiger partial charge in [-0.2, -0.15) is 0 Å². The Kier molecular flexibility index (Phi) is 4.61. The number of hydrogen-bond donors (Lipinski definition) is 1. The summed E-state index contributed by atoms with van der Waals surface area (Å²) in [7, 11) is 0. The molecule has 94 valence electrons. The summed E-state index contributed by atoms with van der Waals surface area (Å²) in [5.74, 6) is 0.845. The number of nitrogens with zero attached hydrogens (tertiary/aromatic N) is 1. The number of hydrogen-bond acceptors (Lipinski definition) is 2. The zero-order chi connectivity index (χ0) is 13.0. The molecule has 18 heavy (non-hydrogen) atoms. The maximum atomic E-state index is 6.33. The van der Waals surface area contributed by atoms with Crippen LogP contribution in [0.15, 0.2) is 46.9 Å². The normalized spacial score (nSPS) is 12.2. The third-order valence-electron chi connectivity index (χ3n) is 2.64. The van der Waals surface area contributed by atoms with Gasteiger partial charge in [-0.3, -0.25) is 0 Å². The minimum atomic E-state index is -0.0584. The van der Waals surface area contributed by atoms with Crippen molar-refractivity contribution in [2.45, 2.75) is 12.3 Å². The Morgan fingerprint density at radius 2 is 1.94 bits per heavy atom. The van der Waals surface area contributed by atoms with Crippen molar-refractivity contribution < 1.29 is 0 Å². The lowest BCUT2D eigenvalue weighted by Crippen LogP contribution is -2.09. The molecule has 2 rings (SSSR count). The first-order valence-electron chi connectivity index (χ1n) is 5.73. The molecule has 0 aliphatic heterocycles. The highest BCUT2D eigenvalue weighted by molar-refractivity contribution is 9.10. The van der Waals surface area contributed by atoms with Crippen molar-refractivity contribution in [3.05, 3.63) is 58.2 Å². The van der Waals surface area contributed by atoms with Crippen LogP contribution < -0.4 is 5.32 Å². The molecule has 0 aliphatic carbocycles. The van der Waals surface area contributed by atoms with E-state index in [-0.39, 0.29) is 5.38 Å². The van der Waals surface area contributed by atoms with Crippen molar-refractivity contribution in [3.63, 3.8) is 0 Å². The quantitative estimate of drug-likeness (QED) is 0.835. The van der Waals surface area contributed by atoms with E-state index in [1.54, 1.807) is 0 Å². The number of alkyl halides is 1. The van der Waals surface area contributed by atoms with Crippen LogP contribution in [0.25, 0.3) is 0 Å². The predicted octanol–water partition coefficient (Wildman–Crippen LogP) is 4.54. The van der Waals surface area contributed by atoms with E-state index in [2.05, 4.69) is 26.2 Å². The summed E-state index contributed by atoms with van der Waals surface area (Å²) in [6.45, 7) is 2.62. The first kappa shape index (κ1) is 13.4. The predicted molar refractivity (Wildman–Crippen MR) is 80.2 cm³/mol. The molecule has 0 radical (unpaired) electrons. The average molecular weight is 326 g/mol. The van der Waals surface area contributed by atoms with Gasteiger partial charge in [0.25, 0.3) is 0 Å². The Balaban J connectivity index is 1.97. The van der Waals surface area contributed by atoms with Crippen LogP contribution in [0.2, 0.25) is 0 Å². The fourth-order valence-corrected chi connectivity index (χ4v) is 2.06. The molecule has 0 amide bonds. The number of halogens is 2. The summed E-state index contributed by atoms with van der Waals surface area (Å²) < 4.78 is 1.01. The van der Waals surface area contributed by atoms with E-state index >= 15 is 0 Å². The van der Waals surface area contributed by atoms with Crippen LogP contribution >= 0.6 is 27.5 Å². The molecule has 0 spiro atoms. The van der Waals surface area contributed by atoms with Gasteiger partial charge in [0.2, 0.25) is 0 Å². The van der Waals surface area contributed by atoms with Crippen LogP contribution in [0.1, 0.15) is 16.6 Å². The van der Waals surface area contributed by atoms with Gasteiger partial charge in [0.15, 0.2) is 0 Å². The zero-order valence-corrected chi connectivity index (χ0v) is 12.4. The molecule has 0 bridgehead atoms. The summed E-state index contributed by atoms with van der Waals surface area (Å²) in [6.07, 6.45) is 0. The molecule has 0 aliphatic rings. The number of anilines is 1. The molecule has 1 unspecified atom stereocenters. The van der Waals surface area contributed by atoms with Gasteiger partial charge in [0.1, 0.15) is 5.82 Å². The smallest absolute Gasteiger partial charge is 0.126 e. The summed E-state index contributed by atoms with van der Waals surface area (Å²) in [6, 6.07) is 13.9. The topological polar surface area (TPSA) is 24.9 Å². The van der Waals surface area contributed by atoms with Gasteiger partial charge in [-0.1, -0.05) is 30.3 Å². The first-order valence-corrected chi connectivity index (χ1v) is 6.96. The van der Waals surface area contributed by atoms with Gasteiger partial charge in [-0.25, -0.2) is 4.98 Å². The lowest BCUT2D eigenvalue weighted by molar-refractivity contribution is 0.963. The Hall–Kier alpha value is -1.06. The summed E-state index contributed by atoms with van der Waals surface area (Å²) in [5.41, 5.74) is 2.08. The highest BCUT2D eigenvalue weighted by Crippen LogP contribution is 2.21. The lowest BCUT2D eigenvalue weighted by Gasteiger charge is -2.12. The molecule has 2 nitrogen and oxygen atoms in total. The van der Waals surface area contributed by atoms with Gasteiger partial charge in [0, 0.05) is 11.0 Å². The minimum Gasteiger partial charge on any atom is -0.368 e. The molecule has 1 heterocycles. The summed E-state index contributed by atoms with van der Waals surface area (Å²) >= 11 is 9.76. The number of aromatic nitrogens is 1. The SMILES string of the molecule is Cc1nc(NCC(Cl)c2ccccc2)ccc1Br. The van der Waals surface area contributed by atoms with Crippen molar-refractivity contribution in [2.24, 2.45) is 0 Å². The molecular formula is C14H14BrClN2. The molecule has 0 fully saturated rings. The van der Waals surface area contributed by atoms with Crippen LogP contribution in [0, 0.1) is 6.92 Å². The van der Waals surface area contributed by atoms with Crippen LogP contribution in [0.3, 0.4) is 0 Å². The Bertz CT molecular complexity index is 516. The minimum absolute atomic E-state index is 0.0584. The van der Waals surface area contributed by atoms with Crippen LogP contribution in [-0.4, -0.2) is 11.5 Å². The molecule has 4 heteroatoms. The summed E-state index contributed by atoms with van der Waals surface area (Å²) in [4.78, 5) is 4.42. The highest BCUT2D eigenvalue weighted by Gasteiger charge is 2.07. The van der Waals surface area contributed by atoms with Gasteiger partial charge in [-0.15, -0.1) is 11.6 Å². The van der Waals surface area contributed by atoms with Crippen LogP contribution in [-0.2, 0) is 0 Å². The first-order chi connectivity index (χ1) is 8.66.